The normalized spacial score (nSPS) is 13.7. The van der Waals surface area contributed by atoms with Gasteiger partial charge in [0, 0.05) is 30.3 Å². The first-order valence-electron chi connectivity index (χ1n) is 9.56. The Bertz CT molecular complexity index is 1090. The van der Waals surface area contributed by atoms with E-state index in [2.05, 4.69) is 16.7 Å². The molecule has 2 aromatic carbocycles. The second-order valence-corrected chi connectivity index (χ2v) is 7.51. The summed E-state index contributed by atoms with van der Waals surface area (Å²) in [7, 11) is 0. The maximum Gasteiger partial charge on any atom is 0.276 e. The number of hydrogen-bond donors (Lipinski definition) is 0. The van der Waals surface area contributed by atoms with Gasteiger partial charge in [-0.2, -0.15) is 5.10 Å². The van der Waals surface area contributed by atoms with Crippen LogP contribution in [-0.4, -0.2) is 29.1 Å². The fourth-order valence-electron chi connectivity index (χ4n) is 3.14. The quantitative estimate of drug-likeness (QED) is 0.555. The molecule has 0 radical (unpaired) electrons. The lowest BCUT2D eigenvalue weighted by molar-refractivity contribution is -0.118. The number of nitrogens with zero attached hydrogens (tertiary/aromatic N) is 4. The molecule has 0 unspecified atom stereocenters. The van der Waals surface area contributed by atoms with Crippen molar-refractivity contribution in [2.45, 2.75) is 12.8 Å². The Labute approximate surface area is 178 Å². The van der Waals surface area contributed by atoms with E-state index in [1.807, 2.05) is 53.9 Å². The highest BCUT2D eigenvalue weighted by atomic mass is 32.1. The van der Waals surface area contributed by atoms with Gasteiger partial charge in [0.25, 0.3) is 5.91 Å². The number of rotatable bonds is 6. The summed E-state index contributed by atoms with van der Waals surface area (Å²) in [5, 5.41) is 8.18. The molecule has 30 heavy (non-hydrogen) atoms. The number of aromatic nitrogens is 1. The summed E-state index contributed by atoms with van der Waals surface area (Å²) in [5.74, 6) is -0.397. The third-order valence-electron chi connectivity index (χ3n) is 4.63. The zero-order chi connectivity index (χ0) is 20.9. The predicted octanol–water partition coefficient (Wildman–Crippen LogP) is 4.51. The number of anilines is 2. The molecule has 0 saturated carbocycles. The summed E-state index contributed by atoms with van der Waals surface area (Å²) >= 11 is 1.39. The maximum atomic E-state index is 13.3. The molecular weight excluding hydrogens is 396 g/mol. The monoisotopic (exact) mass is 416 g/mol. The van der Waals surface area contributed by atoms with Gasteiger partial charge in [-0.1, -0.05) is 54.6 Å². The molecule has 1 aromatic heterocycles. The van der Waals surface area contributed by atoms with Crippen molar-refractivity contribution in [2.75, 3.05) is 16.5 Å². The van der Waals surface area contributed by atoms with Crippen molar-refractivity contribution < 1.29 is 9.59 Å². The molecule has 1 aliphatic heterocycles. The smallest absolute Gasteiger partial charge is 0.276 e. The third kappa shape index (κ3) is 4.06. The van der Waals surface area contributed by atoms with E-state index in [1.165, 1.54) is 16.3 Å². The Kier molecular flexibility index (Phi) is 5.81. The number of thiazole rings is 1. The summed E-state index contributed by atoms with van der Waals surface area (Å²) in [6.45, 7) is 4.08. The summed E-state index contributed by atoms with van der Waals surface area (Å²) in [5.41, 5.74) is 2.77. The first-order valence-corrected chi connectivity index (χ1v) is 10.4. The van der Waals surface area contributed by atoms with Crippen molar-refractivity contribution in [1.29, 1.82) is 0 Å². The summed E-state index contributed by atoms with van der Waals surface area (Å²) in [6.07, 6.45) is 2.19. The molecule has 0 saturated heterocycles. The van der Waals surface area contributed by atoms with Gasteiger partial charge in [-0.3, -0.25) is 14.5 Å². The van der Waals surface area contributed by atoms with Gasteiger partial charge in [-0.25, -0.2) is 9.99 Å². The van der Waals surface area contributed by atoms with Gasteiger partial charge in [-0.05, 0) is 12.1 Å². The number of benzene rings is 2. The molecule has 2 amide bonds. The van der Waals surface area contributed by atoms with E-state index in [0.29, 0.717) is 29.5 Å². The number of para-hydroxylation sites is 1. The van der Waals surface area contributed by atoms with Gasteiger partial charge in [0.15, 0.2) is 5.13 Å². The summed E-state index contributed by atoms with van der Waals surface area (Å²) in [4.78, 5) is 31.9. The van der Waals surface area contributed by atoms with Crippen LogP contribution in [0, 0.1) is 0 Å². The van der Waals surface area contributed by atoms with E-state index in [1.54, 1.807) is 23.1 Å². The standard InChI is InChI=1S/C23H20N4O2S/c1-2-15-26(23-24-20(16-30-23)17-9-5-3-6-10-17)22(29)19-13-14-21(28)27(25-19)18-11-7-4-8-12-18/h2-12,16H,1,13-15H2. The van der Waals surface area contributed by atoms with Crippen LogP contribution < -0.4 is 9.91 Å². The first kappa shape index (κ1) is 19.7. The number of carbonyl (C=O) groups excluding carboxylic acids is 2. The van der Waals surface area contributed by atoms with Crippen molar-refractivity contribution in [1.82, 2.24) is 4.98 Å². The van der Waals surface area contributed by atoms with Gasteiger partial charge in [-0.15, -0.1) is 17.9 Å². The molecule has 4 rings (SSSR count). The number of hydrazone groups is 1. The highest BCUT2D eigenvalue weighted by Crippen LogP contribution is 2.28. The first-order chi connectivity index (χ1) is 14.7. The van der Waals surface area contributed by atoms with Crippen molar-refractivity contribution >= 4 is 39.7 Å². The molecule has 0 atom stereocenters. The fourth-order valence-corrected chi connectivity index (χ4v) is 3.98. The molecule has 3 aromatic rings. The molecule has 150 valence electrons. The molecule has 1 aliphatic rings. The van der Waals surface area contributed by atoms with E-state index in [4.69, 9.17) is 0 Å². The molecular formula is C23H20N4O2S. The third-order valence-corrected chi connectivity index (χ3v) is 5.49. The minimum atomic E-state index is -0.266. The van der Waals surface area contributed by atoms with Crippen LogP contribution in [0.5, 0.6) is 0 Å². The van der Waals surface area contributed by atoms with E-state index in [-0.39, 0.29) is 18.2 Å². The van der Waals surface area contributed by atoms with Crippen molar-refractivity contribution in [3.63, 3.8) is 0 Å². The molecule has 0 fully saturated rings. The molecule has 0 bridgehead atoms. The fraction of sp³-hybridized carbons (Fsp3) is 0.130. The van der Waals surface area contributed by atoms with Crippen LogP contribution in [0.3, 0.4) is 0 Å². The van der Waals surface area contributed by atoms with Crippen LogP contribution in [0.25, 0.3) is 11.3 Å². The van der Waals surface area contributed by atoms with Gasteiger partial charge < -0.3 is 0 Å². The Balaban J connectivity index is 1.63. The maximum absolute atomic E-state index is 13.3. The number of hydrogen-bond acceptors (Lipinski definition) is 5. The largest absolute Gasteiger partial charge is 0.279 e. The molecule has 0 N–H and O–H groups in total. The van der Waals surface area contributed by atoms with Crippen LogP contribution in [0.4, 0.5) is 10.8 Å². The second kappa shape index (κ2) is 8.84. The van der Waals surface area contributed by atoms with E-state index in [0.717, 1.165) is 11.3 Å². The molecule has 6 nitrogen and oxygen atoms in total. The lowest BCUT2D eigenvalue weighted by Crippen LogP contribution is -2.41. The molecule has 0 spiro atoms. The van der Waals surface area contributed by atoms with Crippen molar-refractivity contribution in [2.24, 2.45) is 5.10 Å². The highest BCUT2D eigenvalue weighted by molar-refractivity contribution is 7.14. The minimum Gasteiger partial charge on any atom is -0.279 e. The lowest BCUT2D eigenvalue weighted by Gasteiger charge is -2.25. The van der Waals surface area contributed by atoms with Crippen LogP contribution in [0.15, 0.2) is 83.8 Å². The van der Waals surface area contributed by atoms with Gasteiger partial charge in [0.2, 0.25) is 5.91 Å². The Morgan fingerprint density at radius 1 is 1.10 bits per heavy atom. The van der Waals surface area contributed by atoms with Crippen molar-refractivity contribution in [3.8, 4) is 11.3 Å². The van der Waals surface area contributed by atoms with Gasteiger partial charge >= 0.3 is 0 Å². The molecule has 7 heteroatoms. The lowest BCUT2D eigenvalue weighted by atomic mass is 10.1. The number of carbonyl (C=O) groups is 2. The van der Waals surface area contributed by atoms with Crippen LogP contribution >= 0.6 is 11.3 Å². The van der Waals surface area contributed by atoms with E-state index >= 15 is 0 Å². The Morgan fingerprint density at radius 2 is 1.80 bits per heavy atom. The van der Waals surface area contributed by atoms with Crippen LogP contribution in [0.1, 0.15) is 12.8 Å². The number of amides is 2. The molecule has 2 heterocycles. The Morgan fingerprint density at radius 3 is 2.50 bits per heavy atom. The van der Waals surface area contributed by atoms with Crippen LogP contribution in [-0.2, 0) is 9.59 Å². The zero-order valence-corrected chi connectivity index (χ0v) is 17.1. The SMILES string of the molecule is C=CCN(C(=O)C1=NN(c2ccccc2)C(=O)CC1)c1nc(-c2ccccc2)cs1. The Hall–Kier alpha value is -3.58. The highest BCUT2D eigenvalue weighted by Gasteiger charge is 2.29. The average molecular weight is 417 g/mol. The topological polar surface area (TPSA) is 65.9 Å². The van der Waals surface area contributed by atoms with Gasteiger partial charge in [0.1, 0.15) is 5.71 Å². The van der Waals surface area contributed by atoms with E-state index in [9.17, 15) is 9.59 Å². The van der Waals surface area contributed by atoms with E-state index < -0.39 is 0 Å². The predicted molar refractivity (Wildman–Crippen MR) is 121 cm³/mol. The minimum absolute atomic E-state index is 0.131. The zero-order valence-electron chi connectivity index (χ0n) is 16.3. The second-order valence-electron chi connectivity index (χ2n) is 6.67. The summed E-state index contributed by atoms with van der Waals surface area (Å²) in [6, 6.07) is 18.9. The van der Waals surface area contributed by atoms with Crippen molar-refractivity contribution in [3.05, 3.63) is 78.7 Å². The summed E-state index contributed by atoms with van der Waals surface area (Å²) < 4.78 is 0. The van der Waals surface area contributed by atoms with Crippen LogP contribution in [0.2, 0.25) is 0 Å². The molecule has 0 aliphatic carbocycles. The average Bonchev–Trinajstić information content (AvgIpc) is 3.28. The van der Waals surface area contributed by atoms with Gasteiger partial charge in [0.05, 0.1) is 11.4 Å².